The number of carbonyl (C=O) groups excluding carboxylic acids is 1. The number of rotatable bonds is 7. The van der Waals surface area contributed by atoms with Gasteiger partial charge in [-0.15, -0.1) is 0 Å². The van der Waals surface area contributed by atoms with Crippen LogP contribution < -0.4 is 10.0 Å². The molecule has 1 amide bonds. The second-order valence-corrected chi connectivity index (χ2v) is 7.42. The van der Waals surface area contributed by atoms with Crippen molar-refractivity contribution >= 4 is 15.9 Å². The molecule has 0 saturated carbocycles. The Kier molecular flexibility index (Phi) is 6.05. The van der Waals surface area contributed by atoms with E-state index in [4.69, 9.17) is 0 Å². The maximum Gasteiger partial charge on any atom is 0.251 e. The lowest BCUT2D eigenvalue weighted by molar-refractivity contribution is 0.0940. The van der Waals surface area contributed by atoms with Crippen molar-refractivity contribution in [1.82, 2.24) is 15.0 Å². The third-order valence-electron chi connectivity index (χ3n) is 3.55. The van der Waals surface area contributed by atoms with E-state index < -0.39 is 10.0 Å². The molecule has 0 fully saturated rings. The molecule has 1 aromatic heterocycles. The Bertz CT molecular complexity index is 774. The summed E-state index contributed by atoms with van der Waals surface area (Å²) < 4.78 is 24.5. The number of nitrogens with zero attached hydrogens (tertiary/aromatic N) is 1. The lowest BCUT2D eigenvalue weighted by Gasteiger charge is -2.14. The first kappa shape index (κ1) is 18.1. The van der Waals surface area contributed by atoms with E-state index in [1.165, 1.54) is 0 Å². The van der Waals surface area contributed by atoms with Crippen LogP contribution in [0, 0.1) is 0 Å². The van der Waals surface area contributed by atoms with E-state index >= 15 is 0 Å². The molecule has 0 spiro atoms. The molecule has 0 unspecified atom stereocenters. The van der Waals surface area contributed by atoms with Gasteiger partial charge in [0.05, 0.1) is 12.3 Å². The predicted octanol–water partition coefficient (Wildman–Crippen LogP) is 1.66. The summed E-state index contributed by atoms with van der Waals surface area (Å²) in [7, 11) is -3.17. The molecule has 24 heavy (non-hydrogen) atoms. The van der Waals surface area contributed by atoms with Crippen LogP contribution in [0.25, 0.3) is 0 Å². The molecule has 2 rings (SSSR count). The van der Waals surface area contributed by atoms with E-state index in [0.29, 0.717) is 18.5 Å². The van der Waals surface area contributed by atoms with Crippen LogP contribution in [0.2, 0.25) is 0 Å². The van der Waals surface area contributed by atoms with Crippen molar-refractivity contribution in [3.05, 3.63) is 65.5 Å². The fourth-order valence-electron chi connectivity index (χ4n) is 2.22. The van der Waals surface area contributed by atoms with Gasteiger partial charge in [0.2, 0.25) is 10.0 Å². The molecule has 0 aliphatic rings. The highest BCUT2D eigenvalue weighted by Gasteiger charge is 2.11. The zero-order valence-corrected chi connectivity index (χ0v) is 14.5. The van der Waals surface area contributed by atoms with Gasteiger partial charge in [-0.1, -0.05) is 12.1 Å². The fraction of sp³-hybridized carbons (Fsp3) is 0.294. The molecular formula is C17H21N3O3S. The Morgan fingerprint density at radius 1 is 1.12 bits per heavy atom. The van der Waals surface area contributed by atoms with Crippen LogP contribution in [-0.4, -0.2) is 32.1 Å². The maximum atomic E-state index is 12.3. The first-order valence-corrected chi connectivity index (χ1v) is 9.48. The molecule has 2 N–H and O–H groups in total. The monoisotopic (exact) mass is 347 g/mol. The molecule has 2 aromatic rings. The first-order valence-electron chi connectivity index (χ1n) is 7.59. The van der Waals surface area contributed by atoms with Crippen LogP contribution in [-0.2, 0) is 16.4 Å². The Morgan fingerprint density at radius 2 is 1.75 bits per heavy atom. The summed E-state index contributed by atoms with van der Waals surface area (Å²) in [5.74, 6) is -0.153. The predicted molar refractivity (Wildman–Crippen MR) is 93.1 cm³/mol. The number of carbonyl (C=O) groups is 1. The highest BCUT2D eigenvalue weighted by molar-refractivity contribution is 7.88. The molecule has 6 nitrogen and oxygen atoms in total. The molecule has 0 bridgehead atoms. The third kappa shape index (κ3) is 5.75. The molecule has 1 atom stereocenters. The summed E-state index contributed by atoms with van der Waals surface area (Å²) in [5, 5.41) is 2.94. The lowest BCUT2D eigenvalue weighted by atomic mass is 10.1. The summed E-state index contributed by atoms with van der Waals surface area (Å²) in [6.45, 7) is 2.25. The number of hydrogen-bond acceptors (Lipinski definition) is 4. The van der Waals surface area contributed by atoms with Crippen LogP contribution in [0.3, 0.4) is 0 Å². The van der Waals surface area contributed by atoms with Gasteiger partial charge >= 0.3 is 0 Å². The Balaban J connectivity index is 1.91. The molecule has 1 aromatic carbocycles. The SMILES string of the molecule is C[C@@H](NC(=O)c1ccc(CCNS(C)(=O)=O)cc1)c1ccncc1. The van der Waals surface area contributed by atoms with Crippen molar-refractivity contribution in [2.75, 3.05) is 12.8 Å². The highest BCUT2D eigenvalue weighted by atomic mass is 32.2. The minimum absolute atomic E-state index is 0.112. The van der Waals surface area contributed by atoms with Gasteiger partial charge in [-0.2, -0.15) is 0 Å². The summed E-state index contributed by atoms with van der Waals surface area (Å²) in [5.41, 5.74) is 2.52. The minimum atomic E-state index is -3.17. The van der Waals surface area contributed by atoms with Crippen LogP contribution in [0.1, 0.15) is 34.5 Å². The van der Waals surface area contributed by atoms with Crippen molar-refractivity contribution in [2.24, 2.45) is 0 Å². The Labute approximate surface area is 142 Å². The zero-order chi connectivity index (χ0) is 17.6. The number of pyridine rings is 1. The minimum Gasteiger partial charge on any atom is -0.346 e. The number of aromatic nitrogens is 1. The van der Waals surface area contributed by atoms with E-state index in [-0.39, 0.29) is 11.9 Å². The van der Waals surface area contributed by atoms with Gasteiger partial charge in [0.15, 0.2) is 0 Å². The van der Waals surface area contributed by atoms with E-state index in [2.05, 4.69) is 15.0 Å². The molecule has 0 saturated heterocycles. The number of amides is 1. The largest absolute Gasteiger partial charge is 0.346 e. The van der Waals surface area contributed by atoms with Crippen LogP contribution in [0.4, 0.5) is 0 Å². The molecule has 0 radical (unpaired) electrons. The fourth-order valence-corrected chi connectivity index (χ4v) is 2.69. The average Bonchev–Trinajstić information content (AvgIpc) is 2.55. The summed E-state index contributed by atoms with van der Waals surface area (Å²) in [6.07, 6.45) is 5.08. The summed E-state index contributed by atoms with van der Waals surface area (Å²) in [6, 6.07) is 10.8. The highest BCUT2D eigenvalue weighted by Crippen LogP contribution is 2.12. The lowest BCUT2D eigenvalue weighted by Crippen LogP contribution is -2.26. The number of nitrogens with one attached hydrogen (secondary N) is 2. The molecule has 7 heteroatoms. The molecule has 128 valence electrons. The van der Waals surface area contributed by atoms with Crippen LogP contribution in [0.15, 0.2) is 48.8 Å². The zero-order valence-electron chi connectivity index (χ0n) is 13.7. The summed E-state index contributed by atoms with van der Waals surface area (Å²) >= 11 is 0. The van der Waals surface area contributed by atoms with E-state index in [1.807, 2.05) is 31.2 Å². The van der Waals surface area contributed by atoms with Crippen LogP contribution in [0.5, 0.6) is 0 Å². The quantitative estimate of drug-likeness (QED) is 0.797. The van der Waals surface area contributed by atoms with E-state index in [1.54, 1.807) is 24.5 Å². The van der Waals surface area contributed by atoms with Gasteiger partial charge in [-0.25, -0.2) is 13.1 Å². The van der Waals surface area contributed by atoms with E-state index in [0.717, 1.165) is 17.4 Å². The summed E-state index contributed by atoms with van der Waals surface area (Å²) in [4.78, 5) is 16.2. The average molecular weight is 347 g/mol. The van der Waals surface area contributed by atoms with Crippen molar-refractivity contribution in [3.63, 3.8) is 0 Å². The van der Waals surface area contributed by atoms with Crippen molar-refractivity contribution in [2.45, 2.75) is 19.4 Å². The third-order valence-corrected chi connectivity index (χ3v) is 4.28. The second-order valence-electron chi connectivity index (χ2n) is 5.59. The standard InChI is InChI=1S/C17H21N3O3S/c1-13(15-8-10-18-11-9-15)20-17(21)16-5-3-14(4-6-16)7-12-19-24(2,22)23/h3-6,8-11,13,19H,7,12H2,1-2H3,(H,20,21)/t13-/m1/s1. The van der Waals surface area contributed by atoms with Gasteiger partial charge in [-0.05, 0) is 48.7 Å². The maximum absolute atomic E-state index is 12.3. The van der Waals surface area contributed by atoms with Gasteiger partial charge in [0.1, 0.15) is 0 Å². The first-order chi connectivity index (χ1) is 11.3. The van der Waals surface area contributed by atoms with Crippen molar-refractivity contribution < 1.29 is 13.2 Å². The Hall–Kier alpha value is -2.25. The molecule has 0 aliphatic heterocycles. The van der Waals surface area contributed by atoms with Gasteiger partial charge in [0.25, 0.3) is 5.91 Å². The Morgan fingerprint density at radius 3 is 2.33 bits per heavy atom. The number of benzene rings is 1. The number of hydrogen-bond donors (Lipinski definition) is 2. The van der Waals surface area contributed by atoms with Crippen LogP contribution >= 0.6 is 0 Å². The molecular weight excluding hydrogens is 326 g/mol. The second kappa shape index (κ2) is 8.03. The topological polar surface area (TPSA) is 88.2 Å². The van der Waals surface area contributed by atoms with Gasteiger partial charge in [0, 0.05) is 24.5 Å². The number of sulfonamides is 1. The smallest absolute Gasteiger partial charge is 0.251 e. The van der Waals surface area contributed by atoms with Crippen molar-refractivity contribution in [1.29, 1.82) is 0 Å². The molecule has 0 aliphatic carbocycles. The van der Waals surface area contributed by atoms with E-state index in [9.17, 15) is 13.2 Å². The normalized spacial score (nSPS) is 12.6. The van der Waals surface area contributed by atoms with Gasteiger partial charge < -0.3 is 5.32 Å². The van der Waals surface area contributed by atoms with Gasteiger partial charge in [-0.3, -0.25) is 9.78 Å². The van der Waals surface area contributed by atoms with Crippen molar-refractivity contribution in [3.8, 4) is 0 Å². The molecule has 1 heterocycles.